The minimum atomic E-state index is 0.0740. The van der Waals surface area contributed by atoms with Crippen molar-refractivity contribution in [3.05, 3.63) is 59.7 Å². The van der Waals surface area contributed by atoms with Crippen LogP contribution in [0.4, 0.5) is 0 Å². The first-order valence-corrected chi connectivity index (χ1v) is 9.95. The van der Waals surface area contributed by atoms with Gasteiger partial charge in [-0.3, -0.25) is 4.90 Å². The van der Waals surface area contributed by atoms with Crippen molar-refractivity contribution in [3.8, 4) is 17.2 Å². The maximum Gasteiger partial charge on any atom is 0.0682 e. The second-order valence-electron chi connectivity index (χ2n) is 8.18. The molecule has 1 fully saturated rings. The van der Waals surface area contributed by atoms with Crippen LogP contribution in [-0.4, -0.2) is 23.1 Å². The summed E-state index contributed by atoms with van der Waals surface area (Å²) >= 11 is 0. The van der Waals surface area contributed by atoms with Crippen LogP contribution in [0.1, 0.15) is 44.2 Å². The lowest BCUT2D eigenvalue weighted by Crippen LogP contribution is -2.42. The molecule has 0 aromatic heterocycles. The van der Waals surface area contributed by atoms with Crippen molar-refractivity contribution in [2.45, 2.75) is 46.3 Å². The lowest BCUT2D eigenvalue weighted by atomic mass is 9.68. The van der Waals surface area contributed by atoms with E-state index in [-0.39, 0.29) is 12.0 Å². The number of likely N-dealkylation sites (tertiary alicyclic amines) is 1. The van der Waals surface area contributed by atoms with Gasteiger partial charge < -0.3 is 5.11 Å². The highest BCUT2D eigenvalue weighted by Gasteiger charge is 2.37. The molecule has 3 nitrogen and oxygen atoms in total. The third-order valence-corrected chi connectivity index (χ3v) is 6.31. The van der Waals surface area contributed by atoms with E-state index in [1.165, 1.54) is 11.1 Å². The SMILES string of the molecule is CC(C)C1(CC#N)CCN(Cc2ccc(-c3cccc(CO)c3)cc2)CC1. The summed E-state index contributed by atoms with van der Waals surface area (Å²) in [5.41, 5.74) is 4.79. The first kappa shape index (κ1) is 19.6. The lowest BCUT2D eigenvalue weighted by molar-refractivity contribution is 0.0617. The van der Waals surface area contributed by atoms with Gasteiger partial charge in [-0.25, -0.2) is 0 Å². The van der Waals surface area contributed by atoms with E-state index in [1.54, 1.807) is 0 Å². The second-order valence-corrected chi connectivity index (χ2v) is 8.18. The summed E-state index contributed by atoms with van der Waals surface area (Å²) in [6, 6.07) is 19.2. The quantitative estimate of drug-likeness (QED) is 0.787. The minimum Gasteiger partial charge on any atom is -0.392 e. The molecule has 0 bridgehead atoms. The second kappa shape index (κ2) is 8.69. The number of hydrogen-bond acceptors (Lipinski definition) is 3. The van der Waals surface area contributed by atoms with Crippen LogP contribution in [0.5, 0.6) is 0 Å². The zero-order valence-electron chi connectivity index (χ0n) is 16.5. The van der Waals surface area contributed by atoms with Gasteiger partial charge in [0.25, 0.3) is 0 Å². The Kier molecular flexibility index (Phi) is 6.31. The van der Waals surface area contributed by atoms with Crippen molar-refractivity contribution < 1.29 is 5.11 Å². The molecule has 0 aliphatic carbocycles. The maximum atomic E-state index is 9.32. The fraction of sp³-hybridized carbons (Fsp3) is 0.458. The summed E-state index contributed by atoms with van der Waals surface area (Å²) in [7, 11) is 0. The molecule has 142 valence electrons. The van der Waals surface area contributed by atoms with E-state index in [4.69, 9.17) is 0 Å². The summed E-state index contributed by atoms with van der Waals surface area (Å²) in [6.45, 7) is 7.71. The summed E-state index contributed by atoms with van der Waals surface area (Å²) < 4.78 is 0. The van der Waals surface area contributed by atoms with E-state index in [9.17, 15) is 10.4 Å². The average Bonchev–Trinajstić information content (AvgIpc) is 2.70. The number of nitrogens with zero attached hydrogens (tertiary/aromatic N) is 2. The molecule has 0 atom stereocenters. The Morgan fingerprint density at radius 3 is 2.33 bits per heavy atom. The Morgan fingerprint density at radius 2 is 1.74 bits per heavy atom. The predicted molar refractivity (Wildman–Crippen MR) is 110 cm³/mol. The summed E-state index contributed by atoms with van der Waals surface area (Å²) in [5, 5.41) is 18.5. The highest BCUT2D eigenvalue weighted by atomic mass is 16.3. The number of hydrogen-bond donors (Lipinski definition) is 1. The van der Waals surface area contributed by atoms with E-state index in [0.29, 0.717) is 12.3 Å². The number of piperidine rings is 1. The fourth-order valence-corrected chi connectivity index (χ4v) is 4.18. The standard InChI is InChI=1S/C24H30N2O/c1-19(2)24(10-13-25)11-14-26(15-12-24)17-20-6-8-22(9-7-20)23-5-3-4-21(16-23)18-27/h3-9,16,19,27H,10-12,14-15,17-18H2,1-2H3. The van der Waals surface area contributed by atoms with Gasteiger partial charge in [0.15, 0.2) is 0 Å². The zero-order chi connectivity index (χ0) is 19.3. The number of aliphatic hydroxyl groups excluding tert-OH is 1. The van der Waals surface area contributed by atoms with E-state index in [1.807, 2.05) is 18.2 Å². The van der Waals surface area contributed by atoms with Gasteiger partial charge in [0.05, 0.1) is 12.7 Å². The summed E-state index contributed by atoms with van der Waals surface area (Å²) in [4.78, 5) is 2.51. The highest BCUT2D eigenvalue weighted by Crippen LogP contribution is 2.41. The zero-order valence-corrected chi connectivity index (χ0v) is 16.5. The smallest absolute Gasteiger partial charge is 0.0682 e. The first-order valence-electron chi connectivity index (χ1n) is 9.95. The van der Waals surface area contributed by atoms with Gasteiger partial charge in [-0.2, -0.15) is 5.26 Å². The van der Waals surface area contributed by atoms with Gasteiger partial charge in [0.2, 0.25) is 0 Å². The Morgan fingerprint density at radius 1 is 1.04 bits per heavy atom. The van der Waals surface area contributed by atoms with Crippen LogP contribution in [0.2, 0.25) is 0 Å². The van der Waals surface area contributed by atoms with Crippen LogP contribution in [-0.2, 0) is 13.2 Å². The molecule has 1 aliphatic rings. The summed E-state index contributed by atoms with van der Waals surface area (Å²) in [5.74, 6) is 0.563. The number of rotatable bonds is 6. The largest absolute Gasteiger partial charge is 0.392 e. The monoisotopic (exact) mass is 362 g/mol. The third-order valence-electron chi connectivity index (χ3n) is 6.31. The molecule has 1 aliphatic heterocycles. The maximum absolute atomic E-state index is 9.32. The van der Waals surface area contributed by atoms with Crippen LogP contribution in [0.25, 0.3) is 11.1 Å². The Balaban J connectivity index is 1.62. The molecule has 0 spiro atoms. The predicted octanol–water partition coefficient (Wildman–Crippen LogP) is 5.00. The Labute approximate surface area is 163 Å². The van der Waals surface area contributed by atoms with E-state index in [0.717, 1.165) is 43.6 Å². The number of nitriles is 1. The number of aliphatic hydroxyl groups is 1. The van der Waals surface area contributed by atoms with Crippen LogP contribution in [0, 0.1) is 22.7 Å². The van der Waals surface area contributed by atoms with Crippen molar-refractivity contribution in [3.63, 3.8) is 0 Å². The lowest BCUT2D eigenvalue weighted by Gasteiger charge is -2.43. The van der Waals surface area contributed by atoms with Gasteiger partial charge in [0, 0.05) is 13.0 Å². The first-order chi connectivity index (χ1) is 13.1. The molecule has 1 N–H and O–H groups in total. The molecule has 2 aromatic carbocycles. The molecule has 3 rings (SSSR count). The van der Waals surface area contributed by atoms with E-state index < -0.39 is 0 Å². The molecular weight excluding hydrogens is 332 g/mol. The van der Waals surface area contributed by atoms with Crippen LogP contribution >= 0.6 is 0 Å². The highest BCUT2D eigenvalue weighted by molar-refractivity contribution is 5.64. The minimum absolute atomic E-state index is 0.0740. The van der Waals surface area contributed by atoms with Gasteiger partial charge in [-0.05, 0) is 65.6 Å². The molecule has 27 heavy (non-hydrogen) atoms. The molecule has 2 aromatic rings. The molecule has 0 amide bonds. The van der Waals surface area contributed by atoms with Crippen LogP contribution in [0.15, 0.2) is 48.5 Å². The molecule has 1 heterocycles. The molecule has 1 saturated heterocycles. The van der Waals surface area contributed by atoms with Gasteiger partial charge in [-0.15, -0.1) is 0 Å². The molecule has 3 heteroatoms. The van der Waals surface area contributed by atoms with Crippen molar-refractivity contribution in [2.24, 2.45) is 11.3 Å². The van der Waals surface area contributed by atoms with Crippen LogP contribution < -0.4 is 0 Å². The average molecular weight is 363 g/mol. The topological polar surface area (TPSA) is 47.3 Å². The van der Waals surface area contributed by atoms with Crippen molar-refractivity contribution in [2.75, 3.05) is 13.1 Å². The molecular formula is C24H30N2O. The summed E-state index contributed by atoms with van der Waals surface area (Å²) in [6.07, 6.45) is 2.91. The van der Waals surface area contributed by atoms with Gasteiger partial charge in [0.1, 0.15) is 0 Å². The van der Waals surface area contributed by atoms with E-state index >= 15 is 0 Å². The molecule has 0 radical (unpaired) electrons. The fourth-order valence-electron chi connectivity index (χ4n) is 4.18. The van der Waals surface area contributed by atoms with Crippen molar-refractivity contribution in [1.29, 1.82) is 5.26 Å². The third kappa shape index (κ3) is 4.58. The Bertz CT molecular complexity index is 781. The van der Waals surface area contributed by atoms with Gasteiger partial charge in [-0.1, -0.05) is 56.3 Å². The van der Waals surface area contributed by atoms with Crippen LogP contribution in [0.3, 0.4) is 0 Å². The molecule has 0 saturated carbocycles. The van der Waals surface area contributed by atoms with E-state index in [2.05, 4.69) is 55.1 Å². The Hall–Kier alpha value is -2.15. The van der Waals surface area contributed by atoms with Crippen molar-refractivity contribution >= 4 is 0 Å². The normalized spacial score (nSPS) is 17.0. The number of benzene rings is 2. The van der Waals surface area contributed by atoms with Gasteiger partial charge >= 0.3 is 0 Å². The molecule has 0 unspecified atom stereocenters. The van der Waals surface area contributed by atoms with Crippen molar-refractivity contribution in [1.82, 2.24) is 4.90 Å².